The second-order valence-electron chi connectivity index (χ2n) is 4.16. The van der Waals surface area contributed by atoms with Gasteiger partial charge >= 0.3 is 0 Å². The molecule has 0 aliphatic carbocycles. The molecule has 0 bridgehead atoms. The van der Waals surface area contributed by atoms with Crippen LogP contribution in [0, 0.1) is 6.92 Å². The average molecular weight is 361 g/mol. The van der Waals surface area contributed by atoms with E-state index in [1.165, 1.54) is 0 Å². The summed E-state index contributed by atoms with van der Waals surface area (Å²) in [7, 11) is 0. The third kappa shape index (κ3) is 3.62. The van der Waals surface area contributed by atoms with Gasteiger partial charge in [-0.1, -0.05) is 29.3 Å². The summed E-state index contributed by atoms with van der Waals surface area (Å²) < 4.78 is 6.79. The molecule has 5 heteroatoms. The number of benzene rings is 1. The maximum Gasteiger partial charge on any atom is 0.142 e. The van der Waals surface area contributed by atoms with Crippen molar-refractivity contribution in [3.8, 4) is 5.75 Å². The van der Waals surface area contributed by atoms with E-state index in [1.807, 2.05) is 26.0 Å². The monoisotopic (exact) mass is 359 g/mol. The van der Waals surface area contributed by atoms with Crippen molar-refractivity contribution in [2.24, 2.45) is 0 Å². The van der Waals surface area contributed by atoms with Gasteiger partial charge < -0.3 is 4.74 Å². The first-order valence-electron chi connectivity index (χ1n) is 5.71. The topological polar surface area (TPSA) is 22.1 Å². The van der Waals surface area contributed by atoms with Gasteiger partial charge in [-0.05, 0) is 48.0 Å². The average Bonchev–Trinajstić information content (AvgIpc) is 2.33. The van der Waals surface area contributed by atoms with Crippen LogP contribution in [0.5, 0.6) is 5.75 Å². The predicted octanol–water partition coefficient (Wildman–Crippen LogP) is 5.60. The molecule has 1 atom stereocenters. The Morgan fingerprint density at radius 1 is 1.26 bits per heavy atom. The Balaban J connectivity index is 2.25. The van der Waals surface area contributed by atoms with Crippen LogP contribution in [-0.4, -0.2) is 4.98 Å². The maximum absolute atomic E-state index is 6.17. The van der Waals surface area contributed by atoms with Crippen LogP contribution in [0.15, 0.2) is 34.9 Å². The molecule has 100 valence electrons. The Morgan fingerprint density at radius 2 is 2.00 bits per heavy atom. The van der Waals surface area contributed by atoms with Crippen molar-refractivity contribution in [3.63, 3.8) is 0 Å². The lowest BCUT2D eigenvalue weighted by Gasteiger charge is -2.17. The molecule has 19 heavy (non-hydrogen) atoms. The molecule has 1 aromatic carbocycles. The van der Waals surface area contributed by atoms with E-state index < -0.39 is 0 Å². The largest absolute Gasteiger partial charge is 0.484 e. The summed E-state index contributed by atoms with van der Waals surface area (Å²) in [4.78, 5) is 4.24. The van der Waals surface area contributed by atoms with Crippen molar-refractivity contribution < 1.29 is 4.74 Å². The first kappa shape index (κ1) is 14.6. The number of hydrogen-bond acceptors (Lipinski definition) is 2. The normalized spacial score (nSPS) is 12.3. The van der Waals surface area contributed by atoms with Crippen molar-refractivity contribution in [3.05, 3.63) is 56.2 Å². The molecule has 0 saturated carbocycles. The fraction of sp³-hybridized carbons (Fsp3) is 0.214. The molecule has 0 aliphatic heterocycles. The molecule has 0 saturated heterocycles. The minimum absolute atomic E-state index is 0.181. The number of nitrogens with zero attached hydrogens (tertiary/aromatic N) is 1. The van der Waals surface area contributed by atoms with Gasteiger partial charge in [-0.15, -0.1) is 0 Å². The number of aromatic nitrogens is 1. The van der Waals surface area contributed by atoms with Crippen LogP contribution >= 0.6 is 39.1 Å². The Morgan fingerprint density at radius 3 is 2.68 bits per heavy atom. The Kier molecular flexibility index (Phi) is 4.71. The first-order valence-corrected chi connectivity index (χ1v) is 7.26. The minimum atomic E-state index is -0.181. The summed E-state index contributed by atoms with van der Waals surface area (Å²) in [5, 5.41) is 1.21. The number of rotatable bonds is 3. The molecule has 2 aromatic rings. The van der Waals surface area contributed by atoms with E-state index in [4.69, 9.17) is 27.9 Å². The number of halogens is 3. The standard InChI is InChI=1S/C14H12BrCl2NO/c1-8-14(5-10(15)7-18-8)19-9(2)12-4-3-11(16)6-13(12)17/h3-7,9H,1-2H3/t9-/m1/s1. The van der Waals surface area contributed by atoms with Crippen LogP contribution in [0.2, 0.25) is 10.0 Å². The molecular weight excluding hydrogens is 349 g/mol. The van der Waals surface area contributed by atoms with Crippen LogP contribution in [0.1, 0.15) is 24.3 Å². The van der Waals surface area contributed by atoms with Crippen LogP contribution in [-0.2, 0) is 0 Å². The lowest BCUT2D eigenvalue weighted by molar-refractivity contribution is 0.224. The van der Waals surface area contributed by atoms with Crippen molar-refractivity contribution >= 4 is 39.1 Å². The number of pyridine rings is 1. The fourth-order valence-electron chi connectivity index (χ4n) is 1.69. The van der Waals surface area contributed by atoms with Gasteiger partial charge in [0.1, 0.15) is 11.9 Å². The summed E-state index contributed by atoms with van der Waals surface area (Å²) in [5.41, 5.74) is 1.73. The van der Waals surface area contributed by atoms with E-state index in [2.05, 4.69) is 20.9 Å². The van der Waals surface area contributed by atoms with Crippen molar-refractivity contribution in [2.45, 2.75) is 20.0 Å². The quantitative estimate of drug-likeness (QED) is 0.710. The summed E-state index contributed by atoms with van der Waals surface area (Å²) in [5.74, 6) is 0.730. The molecule has 1 aromatic heterocycles. The third-order valence-electron chi connectivity index (χ3n) is 2.71. The summed E-state index contributed by atoms with van der Waals surface area (Å²) in [6, 6.07) is 7.28. The van der Waals surface area contributed by atoms with Gasteiger partial charge in [0.25, 0.3) is 0 Å². The van der Waals surface area contributed by atoms with Gasteiger partial charge in [-0.25, -0.2) is 0 Å². The van der Waals surface area contributed by atoms with Gasteiger partial charge in [-0.2, -0.15) is 0 Å². The van der Waals surface area contributed by atoms with E-state index in [9.17, 15) is 0 Å². The molecule has 0 aliphatic rings. The second-order valence-corrected chi connectivity index (χ2v) is 5.92. The van der Waals surface area contributed by atoms with E-state index in [-0.39, 0.29) is 6.10 Å². The molecule has 1 heterocycles. The molecule has 0 radical (unpaired) electrons. The van der Waals surface area contributed by atoms with Crippen LogP contribution in [0.3, 0.4) is 0 Å². The molecule has 2 rings (SSSR count). The first-order chi connectivity index (χ1) is 8.97. The van der Waals surface area contributed by atoms with Crippen molar-refractivity contribution in [2.75, 3.05) is 0 Å². The van der Waals surface area contributed by atoms with Gasteiger partial charge in [0, 0.05) is 26.3 Å². The molecule has 2 nitrogen and oxygen atoms in total. The third-order valence-corrected chi connectivity index (χ3v) is 3.71. The molecule has 0 unspecified atom stereocenters. The number of hydrogen-bond donors (Lipinski definition) is 0. The highest BCUT2D eigenvalue weighted by Crippen LogP contribution is 2.31. The lowest BCUT2D eigenvalue weighted by atomic mass is 10.1. The van der Waals surface area contributed by atoms with E-state index >= 15 is 0 Å². The zero-order valence-corrected chi connectivity index (χ0v) is 13.6. The Hall–Kier alpha value is -0.770. The minimum Gasteiger partial charge on any atom is -0.484 e. The highest BCUT2D eigenvalue weighted by Gasteiger charge is 2.13. The van der Waals surface area contributed by atoms with Crippen LogP contribution in [0.25, 0.3) is 0 Å². The zero-order valence-electron chi connectivity index (χ0n) is 10.5. The number of ether oxygens (including phenoxy) is 1. The van der Waals surface area contributed by atoms with E-state index in [0.29, 0.717) is 10.0 Å². The van der Waals surface area contributed by atoms with Gasteiger partial charge in [0.15, 0.2) is 0 Å². The van der Waals surface area contributed by atoms with Crippen LogP contribution < -0.4 is 4.74 Å². The highest BCUT2D eigenvalue weighted by atomic mass is 79.9. The van der Waals surface area contributed by atoms with E-state index in [0.717, 1.165) is 21.5 Å². The molecule has 0 spiro atoms. The SMILES string of the molecule is Cc1ncc(Br)cc1O[C@H](C)c1ccc(Cl)cc1Cl. The van der Waals surface area contributed by atoms with Crippen molar-refractivity contribution in [1.29, 1.82) is 0 Å². The molecule has 0 amide bonds. The van der Waals surface area contributed by atoms with Crippen LogP contribution in [0.4, 0.5) is 0 Å². The maximum atomic E-state index is 6.17. The highest BCUT2D eigenvalue weighted by molar-refractivity contribution is 9.10. The zero-order chi connectivity index (χ0) is 14.0. The molecule has 0 N–H and O–H groups in total. The smallest absolute Gasteiger partial charge is 0.142 e. The Bertz CT molecular complexity index is 604. The summed E-state index contributed by atoms with van der Waals surface area (Å²) in [6.07, 6.45) is 1.56. The summed E-state index contributed by atoms with van der Waals surface area (Å²) >= 11 is 15.4. The Labute approximate surface area is 130 Å². The second kappa shape index (κ2) is 6.12. The molecular formula is C14H12BrCl2NO. The van der Waals surface area contributed by atoms with Gasteiger partial charge in [-0.3, -0.25) is 4.98 Å². The van der Waals surface area contributed by atoms with Gasteiger partial charge in [0.2, 0.25) is 0 Å². The fourth-order valence-corrected chi connectivity index (χ4v) is 2.57. The number of aryl methyl sites for hydroxylation is 1. The molecule has 0 fully saturated rings. The lowest BCUT2D eigenvalue weighted by Crippen LogP contribution is -2.05. The predicted molar refractivity (Wildman–Crippen MR) is 82.2 cm³/mol. The summed E-state index contributed by atoms with van der Waals surface area (Å²) in [6.45, 7) is 3.84. The van der Waals surface area contributed by atoms with E-state index in [1.54, 1.807) is 18.3 Å². The van der Waals surface area contributed by atoms with Gasteiger partial charge in [0.05, 0.1) is 5.69 Å². The van der Waals surface area contributed by atoms with Crippen molar-refractivity contribution in [1.82, 2.24) is 4.98 Å².